The van der Waals surface area contributed by atoms with Crippen LogP contribution in [0.15, 0.2) is 97.2 Å². The van der Waals surface area contributed by atoms with Crippen LogP contribution in [0.4, 0.5) is 9.59 Å². The van der Waals surface area contributed by atoms with E-state index < -0.39 is 59.0 Å². The molecule has 0 radical (unpaired) electrons. The Morgan fingerprint density at radius 3 is 2.07 bits per heavy atom. The molecule has 5 amide bonds. The minimum absolute atomic E-state index is 0.0270. The molecule has 1 aliphatic heterocycles. The summed E-state index contributed by atoms with van der Waals surface area (Å²) in [5, 5.41) is 28.4. The molecule has 13 nitrogen and oxygen atoms in total. The van der Waals surface area contributed by atoms with Gasteiger partial charge >= 0.3 is 12.1 Å². The van der Waals surface area contributed by atoms with Crippen LogP contribution >= 0.6 is 0 Å². The fourth-order valence-electron chi connectivity index (χ4n) is 8.11. The number of benzene rings is 2. The van der Waals surface area contributed by atoms with Crippen molar-refractivity contribution in [1.29, 1.82) is 0 Å². The van der Waals surface area contributed by atoms with E-state index in [2.05, 4.69) is 20.6 Å². The first-order chi connectivity index (χ1) is 28.3. The molecule has 2 aromatic heterocycles. The Bertz CT molecular complexity index is 2070. The van der Waals surface area contributed by atoms with Gasteiger partial charge in [-0.3, -0.25) is 24.5 Å². The molecule has 5 rings (SSSR count). The summed E-state index contributed by atoms with van der Waals surface area (Å²) < 4.78 is 0. The van der Waals surface area contributed by atoms with Crippen LogP contribution in [0.25, 0.3) is 11.3 Å². The zero-order chi connectivity index (χ0) is 43.8. The highest BCUT2D eigenvalue weighted by Gasteiger charge is 2.45. The number of aliphatic hydroxyl groups excluding tert-OH is 1. The minimum Gasteiger partial charge on any atom is -0.465 e. The lowest BCUT2D eigenvalue weighted by molar-refractivity contribution is -0.131. The Balaban J connectivity index is 1.43. The monoisotopic (exact) mass is 819 g/mol. The van der Waals surface area contributed by atoms with E-state index in [9.17, 15) is 29.4 Å². The number of hydrogen-bond acceptors (Lipinski definition) is 7. The summed E-state index contributed by atoms with van der Waals surface area (Å²) in [4.78, 5) is 68.1. The third-order valence-electron chi connectivity index (χ3n) is 10.9. The molecule has 320 valence electrons. The summed E-state index contributed by atoms with van der Waals surface area (Å²) in [5.74, 6) is -0.892. The molecule has 4 N–H and O–H groups in total. The van der Waals surface area contributed by atoms with Gasteiger partial charge in [0.1, 0.15) is 12.1 Å². The maximum absolute atomic E-state index is 14.6. The number of hydrogen-bond donors (Lipinski definition) is 4. The molecule has 0 saturated carbocycles. The molecule has 0 aliphatic carbocycles. The molecular weight excluding hydrogens is 759 g/mol. The van der Waals surface area contributed by atoms with Crippen molar-refractivity contribution in [2.45, 2.75) is 105 Å². The number of carbonyl (C=O) groups excluding carboxylic acids is 3. The van der Waals surface area contributed by atoms with E-state index in [4.69, 9.17) is 0 Å². The van der Waals surface area contributed by atoms with Gasteiger partial charge < -0.3 is 30.6 Å². The van der Waals surface area contributed by atoms with Gasteiger partial charge in [0.25, 0.3) is 0 Å². The van der Waals surface area contributed by atoms with Crippen molar-refractivity contribution in [2.75, 3.05) is 20.1 Å². The first-order valence-electron chi connectivity index (χ1n) is 20.6. The van der Waals surface area contributed by atoms with Crippen LogP contribution in [-0.4, -0.2) is 109 Å². The van der Waals surface area contributed by atoms with E-state index in [0.717, 1.165) is 38.7 Å². The summed E-state index contributed by atoms with van der Waals surface area (Å²) in [7, 11) is 1.37. The second-order valence-electron chi connectivity index (χ2n) is 18.0. The molecule has 60 heavy (non-hydrogen) atoms. The molecule has 1 aliphatic rings. The molecule has 13 heteroatoms. The molecule has 5 atom stereocenters. The number of carboxylic acid groups (broad SMARTS) is 1. The zero-order valence-corrected chi connectivity index (χ0v) is 36.1. The Hall–Kier alpha value is -5.82. The molecule has 2 aromatic carbocycles. The lowest BCUT2D eigenvalue weighted by atomic mass is 9.84. The number of amides is 5. The Morgan fingerprint density at radius 1 is 0.800 bits per heavy atom. The number of urea groups is 1. The third-order valence-corrected chi connectivity index (χ3v) is 10.9. The number of pyridine rings is 2. The topological polar surface area (TPSA) is 168 Å². The normalized spacial score (nSPS) is 15.8. The van der Waals surface area contributed by atoms with Crippen molar-refractivity contribution >= 4 is 23.9 Å². The molecule has 0 bridgehead atoms. The summed E-state index contributed by atoms with van der Waals surface area (Å²) >= 11 is 0. The Morgan fingerprint density at radius 2 is 1.47 bits per heavy atom. The predicted molar refractivity (Wildman–Crippen MR) is 232 cm³/mol. The second kappa shape index (κ2) is 19.5. The molecule has 1 saturated heterocycles. The average Bonchev–Trinajstić information content (AvgIpc) is 3.52. The van der Waals surface area contributed by atoms with E-state index in [-0.39, 0.29) is 18.9 Å². The minimum atomic E-state index is -1.24. The van der Waals surface area contributed by atoms with Crippen LogP contribution < -0.4 is 10.6 Å². The van der Waals surface area contributed by atoms with Crippen LogP contribution in [0, 0.1) is 17.8 Å². The van der Waals surface area contributed by atoms with Gasteiger partial charge in [0.05, 0.1) is 30.1 Å². The number of nitrogens with one attached hydrogen (secondary N) is 2. The van der Waals surface area contributed by atoms with Crippen LogP contribution in [0.5, 0.6) is 0 Å². The standard InChI is InChI=1S/C47H61N7O6/c1-31-15-14-18-35(49-31)30-53-25-26-54(44(53)58)41(47(5,6)7)43(57)51-38(28-32-16-10-9-11-17-32)39(55)29-36(50-42(56)40(46(2,3)4)52(8)45(59)60)27-33-20-22-34(23-21-33)37-19-12-13-24-48-37/h9-24,36,38-41,55H,25-30H2,1-8H3,(H,50,56)(H,51,57)(H,59,60)/t36-,38+,39-,40-,41-/m1/s1. The van der Waals surface area contributed by atoms with Gasteiger partial charge in [-0.15, -0.1) is 0 Å². The molecule has 3 heterocycles. The molecule has 1 fully saturated rings. The number of nitrogens with zero attached hydrogens (tertiary/aromatic N) is 5. The number of aliphatic hydroxyl groups is 1. The van der Waals surface area contributed by atoms with E-state index in [1.165, 1.54) is 7.05 Å². The van der Waals surface area contributed by atoms with Gasteiger partial charge in [-0.05, 0) is 72.4 Å². The zero-order valence-electron chi connectivity index (χ0n) is 36.1. The van der Waals surface area contributed by atoms with Gasteiger partial charge in [0.15, 0.2) is 0 Å². The smallest absolute Gasteiger partial charge is 0.407 e. The highest BCUT2D eigenvalue weighted by molar-refractivity contribution is 5.89. The summed E-state index contributed by atoms with van der Waals surface area (Å²) in [6.45, 7) is 14.2. The van der Waals surface area contributed by atoms with Crippen LogP contribution in [0.1, 0.15) is 70.5 Å². The fourth-order valence-corrected chi connectivity index (χ4v) is 8.11. The van der Waals surface area contributed by atoms with Crippen molar-refractivity contribution in [1.82, 2.24) is 35.3 Å². The fraction of sp³-hybridized carbons (Fsp3) is 0.447. The maximum atomic E-state index is 14.6. The molecular formula is C47H61N7O6. The van der Waals surface area contributed by atoms with Gasteiger partial charge in [-0.25, -0.2) is 9.59 Å². The van der Waals surface area contributed by atoms with E-state index in [1.807, 2.05) is 119 Å². The van der Waals surface area contributed by atoms with Crippen molar-refractivity contribution in [3.05, 3.63) is 120 Å². The van der Waals surface area contributed by atoms with Crippen LogP contribution in [-0.2, 0) is 29.0 Å². The highest BCUT2D eigenvalue weighted by atomic mass is 16.4. The van der Waals surface area contributed by atoms with E-state index in [1.54, 1.807) is 36.8 Å². The second-order valence-corrected chi connectivity index (χ2v) is 18.0. The third kappa shape index (κ3) is 11.9. The van der Waals surface area contributed by atoms with Crippen molar-refractivity contribution in [3.63, 3.8) is 0 Å². The summed E-state index contributed by atoms with van der Waals surface area (Å²) in [5.41, 5.74) is 3.68. The summed E-state index contributed by atoms with van der Waals surface area (Å²) in [6, 6.07) is 25.1. The first-order valence-corrected chi connectivity index (χ1v) is 20.6. The van der Waals surface area contributed by atoms with E-state index >= 15 is 0 Å². The molecule has 0 unspecified atom stereocenters. The van der Waals surface area contributed by atoms with Gasteiger partial charge in [0.2, 0.25) is 11.8 Å². The van der Waals surface area contributed by atoms with Gasteiger partial charge in [-0.2, -0.15) is 0 Å². The number of carbonyl (C=O) groups is 4. The first kappa shape index (κ1) is 45.3. The van der Waals surface area contributed by atoms with Gasteiger partial charge in [-0.1, -0.05) is 108 Å². The molecule has 0 spiro atoms. The Kier molecular flexibility index (Phi) is 14.7. The SMILES string of the molecule is Cc1cccc(CN2CCN([C@H](C(=O)N[C@@H](Cc3ccccc3)[C@H](O)C[C@@H](Cc3ccc(-c4ccccn4)cc3)NC(=O)[C@@H](N(C)C(=O)O)C(C)(C)C)C(C)(C)C)C2=O)n1. The Labute approximate surface area is 354 Å². The summed E-state index contributed by atoms with van der Waals surface area (Å²) in [6.07, 6.45) is -0.0708. The lowest BCUT2D eigenvalue weighted by Crippen LogP contribution is -2.59. The maximum Gasteiger partial charge on any atom is 0.407 e. The highest BCUT2D eigenvalue weighted by Crippen LogP contribution is 2.30. The average molecular weight is 820 g/mol. The number of aryl methyl sites for hydroxylation is 1. The number of rotatable bonds is 16. The quantitative estimate of drug-likeness (QED) is 0.102. The van der Waals surface area contributed by atoms with Crippen molar-refractivity contribution in [2.24, 2.45) is 10.8 Å². The number of likely N-dealkylation sites (N-methyl/N-ethyl adjacent to an activating group) is 1. The lowest BCUT2D eigenvalue weighted by Gasteiger charge is -2.38. The van der Waals surface area contributed by atoms with Crippen molar-refractivity contribution < 1.29 is 29.4 Å². The van der Waals surface area contributed by atoms with Crippen LogP contribution in [0.3, 0.4) is 0 Å². The van der Waals surface area contributed by atoms with E-state index in [0.29, 0.717) is 26.1 Å². The largest absolute Gasteiger partial charge is 0.465 e. The van der Waals surface area contributed by atoms with Gasteiger partial charge in [0, 0.05) is 43.6 Å². The van der Waals surface area contributed by atoms with Crippen LogP contribution in [0.2, 0.25) is 0 Å². The predicted octanol–water partition coefficient (Wildman–Crippen LogP) is 6.33. The van der Waals surface area contributed by atoms with Crippen molar-refractivity contribution in [3.8, 4) is 11.3 Å². The molecule has 4 aromatic rings. The number of aromatic nitrogens is 2.